The summed E-state index contributed by atoms with van der Waals surface area (Å²) in [7, 11) is -4.03. The van der Waals surface area contributed by atoms with E-state index in [1.54, 1.807) is 11.8 Å². The van der Waals surface area contributed by atoms with Crippen molar-refractivity contribution in [3.63, 3.8) is 0 Å². The number of nitrogens with two attached hydrogens (primary N) is 1. The molecule has 2 rings (SSSR count). The Hall–Kier alpha value is -1.32. The van der Waals surface area contributed by atoms with Gasteiger partial charge in [0.1, 0.15) is 4.90 Å². The number of primary sulfonamides is 1. The topological polar surface area (TPSA) is 107 Å². The van der Waals surface area contributed by atoms with E-state index in [1.807, 2.05) is 11.2 Å². The largest absolute Gasteiger partial charge is 0.369 e. The molecule has 0 amide bonds. The van der Waals surface area contributed by atoms with Crippen LogP contribution in [-0.4, -0.2) is 37.9 Å². The SMILES string of the molecule is CSC1CCCCN(c2ccc([N+](=O)[O-])cc2S(N)(=O)=O)C1. The van der Waals surface area contributed by atoms with Gasteiger partial charge in [0.25, 0.3) is 5.69 Å². The summed E-state index contributed by atoms with van der Waals surface area (Å²) < 4.78 is 23.7. The molecule has 1 unspecified atom stereocenters. The van der Waals surface area contributed by atoms with Gasteiger partial charge >= 0.3 is 0 Å². The molecule has 1 heterocycles. The molecular formula is C13H19N3O4S2. The van der Waals surface area contributed by atoms with Crippen molar-refractivity contribution in [2.45, 2.75) is 29.4 Å². The highest BCUT2D eigenvalue weighted by Crippen LogP contribution is 2.31. The maximum absolute atomic E-state index is 11.8. The van der Waals surface area contributed by atoms with Crippen LogP contribution >= 0.6 is 11.8 Å². The van der Waals surface area contributed by atoms with Crippen LogP contribution < -0.4 is 10.0 Å². The first-order chi connectivity index (χ1) is 10.3. The molecule has 22 heavy (non-hydrogen) atoms. The van der Waals surface area contributed by atoms with Crippen molar-refractivity contribution in [3.8, 4) is 0 Å². The fourth-order valence-corrected chi connectivity index (χ4v) is 4.12. The van der Waals surface area contributed by atoms with Crippen LogP contribution in [0.15, 0.2) is 23.1 Å². The van der Waals surface area contributed by atoms with Crippen molar-refractivity contribution < 1.29 is 13.3 Å². The van der Waals surface area contributed by atoms with Crippen LogP contribution in [0.25, 0.3) is 0 Å². The van der Waals surface area contributed by atoms with E-state index in [1.165, 1.54) is 12.1 Å². The molecule has 0 bridgehead atoms. The standard InChI is InChI=1S/C13H19N3O4S2/c1-21-11-4-2-3-7-15(9-11)12-6-5-10(16(17)18)8-13(12)22(14,19)20/h5-6,8,11H,2-4,7,9H2,1H3,(H2,14,19,20). The summed E-state index contributed by atoms with van der Waals surface area (Å²) in [6.45, 7) is 1.43. The van der Waals surface area contributed by atoms with E-state index < -0.39 is 14.9 Å². The first kappa shape index (κ1) is 17.0. The van der Waals surface area contributed by atoms with Gasteiger partial charge in [0.15, 0.2) is 0 Å². The highest BCUT2D eigenvalue weighted by molar-refractivity contribution is 7.99. The fourth-order valence-electron chi connectivity index (χ4n) is 2.62. The summed E-state index contributed by atoms with van der Waals surface area (Å²) >= 11 is 1.75. The van der Waals surface area contributed by atoms with Gasteiger partial charge in [-0.1, -0.05) is 6.42 Å². The second-order valence-corrected chi connectivity index (χ2v) is 7.92. The number of nitro benzene ring substituents is 1. The summed E-state index contributed by atoms with van der Waals surface area (Å²) in [6.07, 6.45) is 5.15. The molecule has 9 heteroatoms. The Morgan fingerprint density at radius 3 is 2.73 bits per heavy atom. The Balaban J connectivity index is 2.47. The first-order valence-electron chi connectivity index (χ1n) is 6.92. The number of rotatable bonds is 4. The van der Waals surface area contributed by atoms with Crippen LogP contribution in [0.1, 0.15) is 19.3 Å². The van der Waals surface area contributed by atoms with Crippen molar-refractivity contribution in [3.05, 3.63) is 28.3 Å². The Labute approximate surface area is 134 Å². The number of sulfonamides is 1. The lowest BCUT2D eigenvalue weighted by Gasteiger charge is -2.27. The van der Waals surface area contributed by atoms with Gasteiger partial charge in [-0.15, -0.1) is 0 Å². The lowest BCUT2D eigenvalue weighted by molar-refractivity contribution is -0.385. The number of non-ortho nitro benzene ring substituents is 1. The lowest BCUT2D eigenvalue weighted by atomic mass is 10.2. The van der Waals surface area contributed by atoms with E-state index >= 15 is 0 Å². The van der Waals surface area contributed by atoms with Crippen LogP contribution in [-0.2, 0) is 10.0 Å². The minimum absolute atomic E-state index is 0.177. The van der Waals surface area contributed by atoms with E-state index in [9.17, 15) is 18.5 Å². The number of benzene rings is 1. The second kappa shape index (κ2) is 6.84. The summed E-state index contributed by atoms with van der Waals surface area (Å²) in [5, 5.41) is 16.5. The summed E-state index contributed by atoms with van der Waals surface area (Å²) in [5.41, 5.74) is 0.179. The molecule has 0 saturated carbocycles. The van der Waals surface area contributed by atoms with Gasteiger partial charge in [0.05, 0.1) is 10.6 Å². The lowest BCUT2D eigenvalue weighted by Crippen LogP contribution is -2.31. The molecular weight excluding hydrogens is 326 g/mol. The molecule has 1 aliphatic heterocycles. The minimum Gasteiger partial charge on any atom is -0.369 e. The second-order valence-electron chi connectivity index (χ2n) is 5.25. The third kappa shape index (κ3) is 3.90. The Morgan fingerprint density at radius 2 is 2.14 bits per heavy atom. The van der Waals surface area contributed by atoms with Gasteiger partial charge < -0.3 is 4.90 Å². The van der Waals surface area contributed by atoms with Crippen molar-refractivity contribution in [2.75, 3.05) is 24.2 Å². The van der Waals surface area contributed by atoms with Crippen molar-refractivity contribution in [1.29, 1.82) is 0 Å². The Morgan fingerprint density at radius 1 is 1.41 bits per heavy atom. The van der Waals surface area contributed by atoms with Crippen molar-refractivity contribution >= 4 is 33.2 Å². The number of hydrogen-bond donors (Lipinski definition) is 1. The molecule has 1 aliphatic rings. The molecule has 0 aromatic heterocycles. The van der Waals surface area contributed by atoms with E-state index in [2.05, 4.69) is 0 Å². The third-order valence-corrected chi connectivity index (χ3v) is 5.75. The smallest absolute Gasteiger partial charge is 0.270 e. The summed E-state index contributed by atoms with van der Waals surface area (Å²) in [5.74, 6) is 0. The number of nitrogens with zero attached hydrogens (tertiary/aromatic N) is 2. The Bertz CT molecular complexity index is 663. The Kier molecular flexibility index (Phi) is 5.30. The van der Waals surface area contributed by atoms with Crippen molar-refractivity contribution in [1.82, 2.24) is 0 Å². The van der Waals surface area contributed by atoms with E-state index in [0.717, 1.165) is 31.9 Å². The predicted molar refractivity (Wildman–Crippen MR) is 87.8 cm³/mol. The van der Waals surface area contributed by atoms with Gasteiger partial charge in [-0.05, 0) is 25.2 Å². The average Bonchev–Trinajstić information content (AvgIpc) is 2.71. The number of thioether (sulfide) groups is 1. The first-order valence-corrected chi connectivity index (χ1v) is 9.75. The maximum Gasteiger partial charge on any atom is 0.270 e. The highest BCUT2D eigenvalue weighted by Gasteiger charge is 2.25. The molecule has 1 aromatic carbocycles. The highest BCUT2D eigenvalue weighted by atomic mass is 32.2. The molecule has 0 aliphatic carbocycles. The van der Waals surface area contributed by atoms with Gasteiger partial charge in [-0.2, -0.15) is 11.8 Å². The molecule has 7 nitrogen and oxygen atoms in total. The summed E-state index contributed by atoms with van der Waals surface area (Å²) in [4.78, 5) is 12.0. The zero-order chi connectivity index (χ0) is 16.3. The third-order valence-electron chi connectivity index (χ3n) is 3.76. The summed E-state index contributed by atoms with van der Waals surface area (Å²) in [6, 6.07) is 3.85. The molecule has 1 atom stereocenters. The van der Waals surface area contributed by atoms with E-state index in [-0.39, 0.29) is 10.6 Å². The molecule has 2 N–H and O–H groups in total. The van der Waals surface area contributed by atoms with Gasteiger partial charge in [0.2, 0.25) is 10.0 Å². The number of anilines is 1. The normalized spacial score (nSPS) is 19.7. The number of nitro groups is 1. The van der Waals surface area contributed by atoms with Gasteiger partial charge in [0, 0.05) is 30.5 Å². The van der Waals surface area contributed by atoms with Crippen LogP contribution in [0, 0.1) is 10.1 Å². The van der Waals surface area contributed by atoms with Gasteiger partial charge in [-0.25, -0.2) is 13.6 Å². The fraction of sp³-hybridized carbons (Fsp3) is 0.538. The molecule has 122 valence electrons. The zero-order valence-corrected chi connectivity index (χ0v) is 13.9. The van der Waals surface area contributed by atoms with Crippen LogP contribution in [0.3, 0.4) is 0 Å². The zero-order valence-electron chi connectivity index (χ0n) is 12.3. The molecule has 1 aromatic rings. The number of hydrogen-bond acceptors (Lipinski definition) is 6. The predicted octanol–water partition coefficient (Wildman–Crippen LogP) is 1.96. The molecule has 0 spiro atoms. The monoisotopic (exact) mass is 345 g/mol. The van der Waals surface area contributed by atoms with Crippen LogP contribution in [0.5, 0.6) is 0 Å². The van der Waals surface area contributed by atoms with Crippen LogP contribution in [0.4, 0.5) is 11.4 Å². The van der Waals surface area contributed by atoms with Crippen LogP contribution in [0.2, 0.25) is 0 Å². The molecule has 1 fully saturated rings. The minimum atomic E-state index is -4.03. The van der Waals surface area contributed by atoms with E-state index in [4.69, 9.17) is 5.14 Å². The molecule has 1 saturated heterocycles. The van der Waals surface area contributed by atoms with E-state index in [0.29, 0.717) is 17.5 Å². The quantitative estimate of drug-likeness (QED) is 0.660. The maximum atomic E-state index is 11.8. The van der Waals surface area contributed by atoms with Gasteiger partial charge in [-0.3, -0.25) is 10.1 Å². The molecule has 0 radical (unpaired) electrons. The van der Waals surface area contributed by atoms with Crippen molar-refractivity contribution in [2.24, 2.45) is 5.14 Å². The average molecular weight is 345 g/mol.